The van der Waals surface area contributed by atoms with Crippen LogP contribution in [0.5, 0.6) is 0 Å². The van der Waals surface area contributed by atoms with E-state index in [4.69, 9.17) is 10.2 Å². The van der Waals surface area contributed by atoms with E-state index in [1.807, 2.05) is 0 Å². The van der Waals surface area contributed by atoms with Crippen LogP contribution in [-0.2, 0) is 25.5 Å². The summed E-state index contributed by atoms with van der Waals surface area (Å²) in [5, 5.41) is 17.3. The van der Waals surface area contributed by atoms with Gasteiger partial charge < -0.3 is 10.2 Å². The molecular formula is C10H9IO5. The SMILES string of the molecule is O=Ic1c(CC(=O)O)cccc1CC(=O)O. The van der Waals surface area contributed by atoms with E-state index >= 15 is 0 Å². The summed E-state index contributed by atoms with van der Waals surface area (Å²) < 4.78 is 11.5. The molecule has 0 bridgehead atoms. The van der Waals surface area contributed by atoms with Gasteiger partial charge in [0.25, 0.3) is 0 Å². The molecule has 0 unspecified atom stereocenters. The van der Waals surface area contributed by atoms with E-state index in [9.17, 15) is 12.7 Å². The van der Waals surface area contributed by atoms with Crippen molar-refractivity contribution in [3.8, 4) is 0 Å². The van der Waals surface area contributed by atoms with Gasteiger partial charge in [-0.25, -0.2) is 0 Å². The molecule has 0 aliphatic carbocycles. The third-order valence-electron chi connectivity index (χ3n) is 1.92. The van der Waals surface area contributed by atoms with Crippen molar-refractivity contribution < 1.29 is 22.9 Å². The van der Waals surface area contributed by atoms with E-state index in [0.717, 1.165) is 0 Å². The highest BCUT2D eigenvalue weighted by Gasteiger charge is 2.13. The first-order valence-corrected chi connectivity index (χ1v) is 6.32. The van der Waals surface area contributed by atoms with Crippen molar-refractivity contribution in [2.24, 2.45) is 0 Å². The summed E-state index contributed by atoms with van der Waals surface area (Å²) in [6.07, 6.45) is -0.463. The van der Waals surface area contributed by atoms with Crippen molar-refractivity contribution >= 4 is 33.1 Å². The summed E-state index contributed by atoms with van der Waals surface area (Å²) in [5.41, 5.74) is 0.878. The summed E-state index contributed by atoms with van der Waals surface area (Å²) in [6, 6.07) is 4.71. The molecule has 86 valence electrons. The molecule has 0 heterocycles. The molecule has 0 aromatic heterocycles. The molecule has 16 heavy (non-hydrogen) atoms. The van der Waals surface area contributed by atoms with Gasteiger partial charge in [-0.1, -0.05) is 18.2 Å². The summed E-state index contributed by atoms with van der Waals surface area (Å²) in [5.74, 6) is -2.04. The molecule has 0 aliphatic heterocycles. The molecular weight excluding hydrogens is 327 g/mol. The Morgan fingerprint density at radius 1 is 1.06 bits per heavy atom. The number of aliphatic carboxylic acids is 2. The predicted molar refractivity (Wildman–Crippen MR) is 62.5 cm³/mol. The Hall–Kier alpha value is -1.31. The van der Waals surface area contributed by atoms with Gasteiger partial charge in [0.2, 0.25) is 0 Å². The van der Waals surface area contributed by atoms with Crippen molar-refractivity contribution in [1.82, 2.24) is 0 Å². The molecule has 0 fully saturated rings. The van der Waals surface area contributed by atoms with Crippen molar-refractivity contribution in [2.45, 2.75) is 12.8 Å². The number of carboxylic acids is 2. The molecule has 0 saturated carbocycles. The minimum absolute atomic E-state index is 0.231. The van der Waals surface area contributed by atoms with Crippen molar-refractivity contribution in [2.75, 3.05) is 0 Å². The van der Waals surface area contributed by atoms with E-state index in [1.165, 1.54) is 0 Å². The third kappa shape index (κ3) is 3.37. The van der Waals surface area contributed by atoms with Crippen LogP contribution in [0.15, 0.2) is 18.2 Å². The molecule has 1 aromatic carbocycles. The monoisotopic (exact) mass is 336 g/mol. The van der Waals surface area contributed by atoms with Gasteiger partial charge in [0.1, 0.15) is 0 Å². The fourth-order valence-corrected chi connectivity index (χ4v) is 2.64. The van der Waals surface area contributed by atoms with Crippen molar-refractivity contribution in [3.05, 3.63) is 32.9 Å². The van der Waals surface area contributed by atoms with E-state index in [2.05, 4.69) is 0 Å². The number of hydrogen-bond acceptors (Lipinski definition) is 3. The zero-order valence-electron chi connectivity index (χ0n) is 8.14. The van der Waals surface area contributed by atoms with E-state index in [1.54, 1.807) is 18.2 Å². The molecule has 1 rings (SSSR count). The topological polar surface area (TPSA) is 91.7 Å². The van der Waals surface area contributed by atoms with Crippen molar-refractivity contribution in [3.63, 3.8) is 0 Å². The molecule has 0 saturated heterocycles. The Labute approximate surface area is 102 Å². The summed E-state index contributed by atoms with van der Waals surface area (Å²) in [7, 11) is 0. The van der Waals surface area contributed by atoms with Gasteiger partial charge in [0.15, 0.2) is 21.2 Å². The zero-order valence-corrected chi connectivity index (χ0v) is 10.3. The maximum Gasteiger partial charge on any atom is 0.307 e. The number of hydrogen-bond donors (Lipinski definition) is 2. The Balaban J connectivity index is 3.14. The maximum absolute atomic E-state index is 11.1. The number of rotatable bonds is 5. The van der Waals surface area contributed by atoms with Crippen LogP contribution in [0, 0.1) is 3.57 Å². The van der Waals surface area contributed by atoms with Crippen LogP contribution >= 0.6 is 21.2 Å². The molecule has 0 radical (unpaired) electrons. The lowest BCUT2D eigenvalue weighted by atomic mass is 10.1. The first-order valence-electron chi connectivity index (χ1n) is 4.36. The zero-order chi connectivity index (χ0) is 12.1. The van der Waals surface area contributed by atoms with Crippen LogP contribution in [0.2, 0.25) is 0 Å². The first kappa shape index (κ1) is 12.8. The standard InChI is InChI=1S/C10H9IO5/c12-8(13)4-6-2-1-3-7(5-9(14)15)10(6)11-16/h1-3H,4-5H2,(H,12,13)(H,14,15). The molecule has 2 N–H and O–H groups in total. The molecule has 5 nitrogen and oxygen atoms in total. The summed E-state index contributed by atoms with van der Waals surface area (Å²) >= 11 is -1.57. The second kappa shape index (κ2) is 5.69. The normalized spacial score (nSPS) is 10.0. The van der Waals surface area contributed by atoms with E-state index < -0.39 is 33.1 Å². The Morgan fingerprint density at radius 3 is 1.81 bits per heavy atom. The van der Waals surface area contributed by atoms with E-state index in [0.29, 0.717) is 14.7 Å². The summed E-state index contributed by atoms with van der Waals surface area (Å²) in [6.45, 7) is 0. The lowest BCUT2D eigenvalue weighted by Gasteiger charge is -2.05. The van der Waals surface area contributed by atoms with Crippen LogP contribution in [-0.4, -0.2) is 22.2 Å². The molecule has 6 heteroatoms. The van der Waals surface area contributed by atoms with Crippen molar-refractivity contribution in [1.29, 1.82) is 0 Å². The fraction of sp³-hybridized carbons (Fsp3) is 0.200. The lowest BCUT2D eigenvalue weighted by Crippen LogP contribution is -2.07. The third-order valence-corrected chi connectivity index (χ3v) is 3.75. The Bertz CT molecular complexity index is 407. The van der Waals surface area contributed by atoms with Gasteiger partial charge in [0.05, 0.1) is 16.4 Å². The highest BCUT2D eigenvalue weighted by atomic mass is 127. The quantitative estimate of drug-likeness (QED) is 0.794. The number of carboxylic acid groups (broad SMARTS) is 2. The lowest BCUT2D eigenvalue weighted by molar-refractivity contribution is -0.137. The smallest absolute Gasteiger partial charge is 0.307 e. The number of benzene rings is 1. The highest BCUT2D eigenvalue weighted by Crippen LogP contribution is 2.22. The molecule has 0 spiro atoms. The Kier molecular flexibility index (Phi) is 4.53. The molecule has 0 atom stereocenters. The second-order valence-corrected chi connectivity index (χ2v) is 4.63. The van der Waals surface area contributed by atoms with Crippen LogP contribution < -0.4 is 0 Å². The minimum Gasteiger partial charge on any atom is -0.481 e. The minimum atomic E-state index is -1.57. The molecule has 0 amide bonds. The van der Waals surface area contributed by atoms with Gasteiger partial charge in [-0.05, 0) is 11.1 Å². The number of carbonyl (C=O) groups is 2. The van der Waals surface area contributed by atoms with Crippen LogP contribution in [0.25, 0.3) is 0 Å². The van der Waals surface area contributed by atoms with Crippen LogP contribution in [0.1, 0.15) is 11.1 Å². The summed E-state index contributed by atoms with van der Waals surface area (Å²) in [4.78, 5) is 21.1. The fourth-order valence-electron chi connectivity index (χ4n) is 1.33. The number of halogens is 1. The first-order chi connectivity index (χ1) is 7.54. The average molecular weight is 336 g/mol. The average Bonchev–Trinajstić information content (AvgIpc) is 2.16. The largest absolute Gasteiger partial charge is 0.481 e. The Morgan fingerprint density at radius 2 is 1.50 bits per heavy atom. The van der Waals surface area contributed by atoms with Gasteiger partial charge in [-0.3, -0.25) is 12.7 Å². The van der Waals surface area contributed by atoms with Crippen LogP contribution in [0.3, 0.4) is 0 Å². The second-order valence-electron chi connectivity index (χ2n) is 3.11. The molecule has 1 aromatic rings. The van der Waals surface area contributed by atoms with Crippen LogP contribution in [0.4, 0.5) is 0 Å². The highest BCUT2D eigenvalue weighted by molar-refractivity contribution is 14.1. The molecule has 0 aliphatic rings. The van der Waals surface area contributed by atoms with Gasteiger partial charge in [-0.2, -0.15) is 0 Å². The van der Waals surface area contributed by atoms with Gasteiger partial charge in [-0.15, -0.1) is 0 Å². The maximum atomic E-state index is 11.1. The van der Waals surface area contributed by atoms with Gasteiger partial charge in [0, 0.05) is 0 Å². The predicted octanol–water partition coefficient (Wildman–Crippen LogP) is 1.43. The van der Waals surface area contributed by atoms with E-state index in [-0.39, 0.29) is 12.8 Å². The van der Waals surface area contributed by atoms with Gasteiger partial charge >= 0.3 is 11.9 Å².